The van der Waals surface area contributed by atoms with Crippen molar-refractivity contribution < 1.29 is 13.5 Å². The molecule has 0 saturated carbocycles. The lowest BCUT2D eigenvalue weighted by molar-refractivity contribution is 0.216. The normalized spacial score (nSPS) is 13.7. The van der Waals surface area contributed by atoms with Crippen molar-refractivity contribution in [2.45, 2.75) is 38.6 Å². The molecule has 0 spiro atoms. The van der Waals surface area contributed by atoms with Crippen LogP contribution in [-0.2, 0) is 10.0 Å². The molecule has 5 heteroatoms. The van der Waals surface area contributed by atoms with E-state index in [-0.39, 0.29) is 23.0 Å². The lowest BCUT2D eigenvalue weighted by atomic mass is 9.88. The van der Waals surface area contributed by atoms with E-state index < -0.39 is 10.0 Å². The third-order valence-corrected chi connectivity index (χ3v) is 5.58. The highest BCUT2D eigenvalue weighted by molar-refractivity contribution is 7.89. The molecule has 1 aromatic carbocycles. The third-order valence-electron chi connectivity index (χ3n) is 3.64. The predicted octanol–water partition coefficient (Wildman–Crippen LogP) is 2.09. The summed E-state index contributed by atoms with van der Waals surface area (Å²) in [4.78, 5) is 0.246. The van der Waals surface area contributed by atoms with E-state index in [1.807, 2.05) is 27.7 Å². The summed E-state index contributed by atoms with van der Waals surface area (Å²) < 4.78 is 26.6. The molecule has 1 unspecified atom stereocenters. The molecule has 0 aliphatic carbocycles. The van der Waals surface area contributed by atoms with Gasteiger partial charge in [0.15, 0.2) is 0 Å². The van der Waals surface area contributed by atoms with Crippen molar-refractivity contribution >= 4 is 10.0 Å². The third kappa shape index (κ3) is 4.31. The van der Waals surface area contributed by atoms with Gasteiger partial charge in [-0.15, -0.1) is 0 Å². The summed E-state index contributed by atoms with van der Waals surface area (Å²) in [7, 11) is -1.92. The summed E-state index contributed by atoms with van der Waals surface area (Å²) in [5.41, 5.74) is 0.531. The fourth-order valence-corrected chi connectivity index (χ4v) is 3.32. The average molecular weight is 309 g/mol. The Bertz CT molecular complexity index is 631. The molecule has 21 heavy (non-hydrogen) atoms. The summed E-state index contributed by atoms with van der Waals surface area (Å²) in [5.74, 6) is 5.27. The minimum Gasteiger partial charge on any atom is -0.384 e. The molecule has 0 aromatic heterocycles. The first-order valence-corrected chi connectivity index (χ1v) is 8.22. The molecule has 0 amide bonds. The van der Waals surface area contributed by atoms with Crippen LogP contribution in [0.2, 0.25) is 0 Å². The molecule has 4 nitrogen and oxygen atoms in total. The summed E-state index contributed by atoms with van der Waals surface area (Å²) in [6.45, 7) is 7.72. The van der Waals surface area contributed by atoms with Gasteiger partial charge >= 0.3 is 0 Å². The highest BCUT2D eigenvalue weighted by Gasteiger charge is 2.32. The molecule has 0 heterocycles. The molecule has 0 aliphatic rings. The Balaban J connectivity index is 3.08. The lowest BCUT2D eigenvalue weighted by Gasteiger charge is -2.34. The van der Waals surface area contributed by atoms with Gasteiger partial charge in [0, 0.05) is 18.7 Å². The first-order chi connectivity index (χ1) is 9.60. The number of nitrogens with zero attached hydrogens (tertiary/aromatic N) is 1. The predicted molar refractivity (Wildman–Crippen MR) is 84.3 cm³/mol. The average Bonchev–Trinajstić information content (AvgIpc) is 2.42. The van der Waals surface area contributed by atoms with Gasteiger partial charge in [-0.3, -0.25) is 0 Å². The Labute approximate surface area is 127 Å². The highest BCUT2D eigenvalue weighted by Crippen LogP contribution is 2.27. The Morgan fingerprint density at radius 1 is 1.24 bits per heavy atom. The Hall–Kier alpha value is -1.35. The van der Waals surface area contributed by atoms with Crippen molar-refractivity contribution in [3.63, 3.8) is 0 Å². The number of benzene rings is 1. The quantitative estimate of drug-likeness (QED) is 0.870. The summed E-state index contributed by atoms with van der Waals surface area (Å²) in [6.07, 6.45) is 0. The van der Waals surface area contributed by atoms with Crippen LogP contribution in [0.4, 0.5) is 0 Å². The second kappa shape index (κ2) is 6.61. The van der Waals surface area contributed by atoms with E-state index in [2.05, 4.69) is 11.8 Å². The monoisotopic (exact) mass is 309 g/mol. The van der Waals surface area contributed by atoms with E-state index >= 15 is 0 Å². The second-order valence-electron chi connectivity index (χ2n) is 6.05. The lowest BCUT2D eigenvalue weighted by Crippen LogP contribution is -2.42. The van der Waals surface area contributed by atoms with Crippen molar-refractivity contribution in [2.75, 3.05) is 13.7 Å². The number of hydrogen-bond acceptors (Lipinski definition) is 3. The van der Waals surface area contributed by atoms with Crippen molar-refractivity contribution in [1.82, 2.24) is 4.31 Å². The topological polar surface area (TPSA) is 57.6 Å². The molecule has 1 atom stereocenters. The zero-order valence-electron chi connectivity index (χ0n) is 13.2. The van der Waals surface area contributed by atoms with Crippen molar-refractivity contribution in [3.05, 3.63) is 29.8 Å². The van der Waals surface area contributed by atoms with Crippen LogP contribution in [0.15, 0.2) is 29.2 Å². The van der Waals surface area contributed by atoms with E-state index in [1.54, 1.807) is 31.3 Å². The molecule has 0 bridgehead atoms. The van der Waals surface area contributed by atoms with Gasteiger partial charge < -0.3 is 5.11 Å². The molecule has 0 saturated heterocycles. The van der Waals surface area contributed by atoms with Gasteiger partial charge in [-0.05, 0) is 36.6 Å². The van der Waals surface area contributed by atoms with Gasteiger partial charge in [0.2, 0.25) is 10.0 Å². The molecule has 0 aliphatic heterocycles. The number of hydrogen-bond donors (Lipinski definition) is 1. The van der Waals surface area contributed by atoms with E-state index in [0.29, 0.717) is 5.56 Å². The SMILES string of the molecule is CC(N(C)S(=O)(=O)c1ccc(C#CCO)cc1)C(C)(C)C. The number of aliphatic hydroxyl groups excluding tert-OH is 1. The minimum absolute atomic E-state index is 0.128. The van der Waals surface area contributed by atoms with Crippen LogP contribution in [0, 0.1) is 17.3 Å². The summed E-state index contributed by atoms with van der Waals surface area (Å²) >= 11 is 0. The Morgan fingerprint density at radius 3 is 2.19 bits per heavy atom. The first-order valence-electron chi connectivity index (χ1n) is 6.78. The van der Waals surface area contributed by atoms with Gasteiger partial charge in [0.05, 0.1) is 4.90 Å². The maximum atomic E-state index is 12.6. The zero-order chi connectivity index (χ0) is 16.3. The van der Waals surface area contributed by atoms with Crippen molar-refractivity contribution in [2.24, 2.45) is 5.41 Å². The molecule has 0 fully saturated rings. The van der Waals surface area contributed by atoms with Crippen LogP contribution in [-0.4, -0.2) is 37.5 Å². The van der Waals surface area contributed by atoms with Gasteiger partial charge in [0.1, 0.15) is 6.61 Å². The van der Waals surface area contributed by atoms with Gasteiger partial charge in [-0.2, -0.15) is 4.31 Å². The molecule has 1 rings (SSSR count). The standard InChI is InChI=1S/C16H23NO3S/c1-13(16(2,3)4)17(5)21(19,20)15-10-8-14(9-11-15)7-6-12-18/h8-11,13,18H,12H2,1-5H3. The van der Waals surface area contributed by atoms with Crippen molar-refractivity contribution in [3.8, 4) is 11.8 Å². The fraction of sp³-hybridized carbons (Fsp3) is 0.500. The largest absolute Gasteiger partial charge is 0.384 e. The van der Waals surface area contributed by atoms with Crippen LogP contribution >= 0.6 is 0 Å². The number of rotatable bonds is 3. The summed E-state index contributed by atoms with van der Waals surface area (Å²) in [6, 6.07) is 6.25. The molecular formula is C16H23NO3S. The highest BCUT2D eigenvalue weighted by atomic mass is 32.2. The Kier molecular flexibility index (Phi) is 5.57. The van der Waals surface area contributed by atoms with Crippen LogP contribution in [0.5, 0.6) is 0 Å². The van der Waals surface area contributed by atoms with Gasteiger partial charge in [0.25, 0.3) is 0 Å². The second-order valence-corrected chi connectivity index (χ2v) is 8.05. The van der Waals surface area contributed by atoms with Gasteiger partial charge in [-0.25, -0.2) is 8.42 Å². The first kappa shape index (κ1) is 17.7. The molecule has 1 N–H and O–H groups in total. The maximum Gasteiger partial charge on any atom is 0.243 e. The van der Waals surface area contributed by atoms with Crippen LogP contribution in [0.25, 0.3) is 0 Å². The molecule has 1 aromatic rings. The molecular weight excluding hydrogens is 286 g/mol. The van der Waals surface area contributed by atoms with Crippen LogP contribution < -0.4 is 0 Å². The van der Waals surface area contributed by atoms with E-state index in [4.69, 9.17) is 5.11 Å². The van der Waals surface area contributed by atoms with E-state index in [0.717, 1.165) is 0 Å². The summed E-state index contributed by atoms with van der Waals surface area (Å²) in [5, 5.41) is 8.65. The minimum atomic E-state index is -3.52. The Morgan fingerprint density at radius 2 is 1.76 bits per heavy atom. The van der Waals surface area contributed by atoms with Crippen LogP contribution in [0.1, 0.15) is 33.3 Å². The zero-order valence-corrected chi connectivity index (χ0v) is 14.0. The number of aliphatic hydroxyl groups is 1. The van der Waals surface area contributed by atoms with Crippen LogP contribution in [0.3, 0.4) is 0 Å². The van der Waals surface area contributed by atoms with E-state index in [9.17, 15) is 8.42 Å². The molecule has 0 radical (unpaired) electrons. The smallest absolute Gasteiger partial charge is 0.243 e. The maximum absolute atomic E-state index is 12.6. The fourth-order valence-electron chi connectivity index (χ4n) is 1.77. The number of sulfonamides is 1. The van der Waals surface area contributed by atoms with E-state index in [1.165, 1.54) is 4.31 Å². The van der Waals surface area contributed by atoms with Gasteiger partial charge in [-0.1, -0.05) is 32.6 Å². The van der Waals surface area contributed by atoms with Crippen molar-refractivity contribution in [1.29, 1.82) is 0 Å². The molecule has 116 valence electrons.